The summed E-state index contributed by atoms with van der Waals surface area (Å²) in [6.07, 6.45) is 0.0772. The zero-order valence-corrected chi connectivity index (χ0v) is 12.0. The summed E-state index contributed by atoms with van der Waals surface area (Å²) in [6.45, 7) is 0. The Balaban J connectivity index is 1.78. The third-order valence-electron chi connectivity index (χ3n) is 3.50. The minimum Gasteiger partial charge on any atom is -0.406 e. The second-order valence-electron chi connectivity index (χ2n) is 5.01. The van der Waals surface area contributed by atoms with Gasteiger partial charge in [0.2, 0.25) is 0 Å². The van der Waals surface area contributed by atoms with Crippen LogP contribution in [-0.2, 0) is 0 Å². The van der Waals surface area contributed by atoms with E-state index < -0.39 is 6.36 Å². The van der Waals surface area contributed by atoms with Gasteiger partial charge in [0, 0.05) is 18.1 Å². The average Bonchev–Trinajstić information content (AvgIpc) is 2.98. The Kier molecular flexibility index (Phi) is 3.12. The molecule has 0 N–H and O–H groups in total. The summed E-state index contributed by atoms with van der Waals surface area (Å²) < 4.78 is 42.3. The van der Waals surface area contributed by atoms with Crippen molar-refractivity contribution >= 4 is 22.1 Å². The van der Waals surface area contributed by atoms with Crippen molar-refractivity contribution in [3.63, 3.8) is 0 Å². The first-order valence-electron chi connectivity index (χ1n) is 6.94. The molecule has 5 nitrogen and oxygen atoms in total. The van der Waals surface area contributed by atoms with Gasteiger partial charge < -0.3 is 4.74 Å². The van der Waals surface area contributed by atoms with E-state index in [1.165, 1.54) is 24.3 Å². The van der Waals surface area contributed by atoms with Crippen LogP contribution in [0.5, 0.6) is 5.75 Å². The summed E-state index contributed by atoms with van der Waals surface area (Å²) >= 11 is 0. The monoisotopic (exact) mass is 330 g/mol. The van der Waals surface area contributed by atoms with Crippen LogP contribution < -0.4 is 4.74 Å². The number of imidazole rings is 1. The molecule has 0 saturated carbocycles. The standard InChI is InChI=1S/C16H9F3N4O/c17-16(18,19)24-11-3-1-10(2-4-11)23-9-22-15-13(23)6-5-12-14(15)21-8-7-20-12/h1-9H. The molecule has 0 radical (unpaired) electrons. The smallest absolute Gasteiger partial charge is 0.406 e. The normalized spacial score (nSPS) is 12.0. The largest absolute Gasteiger partial charge is 0.573 e. The maximum absolute atomic E-state index is 12.2. The molecule has 120 valence electrons. The van der Waals surface area contributed by atoms with Crippen LogP contribution in [0.25, 0.3) is 27.8 Å². The molecular weight excluding hydrogens is 321 g/mol. The first-order chi connectivity index (χ1) is 11.5. The van der Waals surface area contributed by atoms with Crippen molar-refractivity contribution in [2.75, 3.05) is 0 Å². The summed E-state index contributed by atoms with van der Waals surface area (Å²) in [6, 6.07) is 9.25. The zero-order valence-electron chi connectivity index (χ0n) is 12.0. The molecule has 4 rings (SSSR count). The topological polar surface area (TPSA) is 52.8 Å². The second kappa shape index (κ2) is 5.19. The highest BCUT2D eigenvalue weighted by Gasteiger charge is 2.31. The van der Waals surface area contributed by atoms with E-state index in [1.807, 2.05) is 12.1 Å². The lowest BCUT2D eigenvalue weighted by atomic mass is 10.2. The highest BCUT2D eigenvalue weighted by Crippen LogP contribution is 2.26. The molecule has 2 aromatic carbocycles. The summed E-state index contributed by atoms with van der Waals surface area (Å²) in [7, 11) is 0. The lowest BCUT2D eigenvalue weighted by Crippen LogP contribution is -2.17. The fourth-order valence-electron chi connectivity index (χ4n) is 2.52. The molecule has 0 atom stereocenters. The molecule has 24 heavy (non-hydrogen) atoms. The predicted molar refractivity (Wildman–Crippen MR) is 80.8 cm³/mol. The number of hydrogen-bond donors (Lipinski definition) is 0. The summed E-state index contributed by atoms with van der Waals surface area (Å²) in [5.74, 6) is -0.271. The van der Waals surface area contributed by atoms with Crippen molar-refractivity contribution in [1.29, 1.82) is 0 Å². The van der Waals surface area contributed by atoms with Crippen LogP contribution in [0.1, 0.15) is 0 Å². The second-order valence-corrected chi connectivity index (χ2v) is 5.01. The Bertz CT molecular complexity index is 1030. The number of benzene rings is 2. The fourth-order valence-corrected chi connectivity index (χ4v) is 2.52. The molecule has 0 amide bonds. The molecule has 0 unspecified atom stereocenters. The van der Waals surface area contributed by atoms with E-state index in [2.05, 4.69) is 19.7 Å². The molecular formula is C16H9F3N4O. The Hall–Kier alpha value is -3.16. The van der Waals surface area contributed by atoms with Gasteiger partial charge in [-0.05, 0) is 36.4 Å². The van der Waals surface area contributed by atoms with E-state index >= 15 is 0 Å². The predicted octanol–water partition coefficient (Wildman–Crippen LogP) is 3.87. The van der Waals surface area contributed by atoms with Crippen LogP contribution in [0.15, 0.2) is 55.1 Å². The molecule has 0 aliphatic rings. The van der Waals surface area contributed by atoms with Gasteiger partial charge in [0.15, 0.2) is 0 Å². The number of hydrogen-bond acceptors (Lipinski definition) is 4. The molecule has 2 heterocycles. The lowest BCUT2D eigenvalue weighted by molar-refractivity contribution is -0.274. The Morgan fingerprint density at radius 2 is 1.58 bits per heavy atom. The van der Waals surface area contributed by atoms with Gasteiger partial charge in [0.25, 0.3) is 0 Å². The SMILES string of the molecule is FC(F)(F)Oc1ccc(-n2cnc3c4nccnc4ccc32)cc1. The van der Waals surface area contributed by atoms with Gasteiger partial charge in [-0.1, -0.05) is 0 Å². The van der Waals surface area contributed by atoms with Crippen molar-refractivity contribution in [2.24, 2.45) is 0 Å². The van der Waals surface area contributed by atoms with Crippen LogP contribution in [0.4, 0.5) is 13.2 Å². The third-order valence-corrected chi connectivity index (χ3v) is 3.50. The van der Waals surface area contributed by atoms with Gasteiger partial charge in [-0.15, -0.1) is 13.2 Å². The fraction of sp³-hybridized carbons (Fsp3) is 0.0625. The molecule has 0 spiro atoms. The number of fused-ring (bicyclic) bond motifs is 3. The van der Waals surface area contributed by atoms with Crippen LogP contribution in [0, 0.1) is 0 Å². The van der Waals surface area contributed by atoms with Crippen LogP contribution in [-0.4, -0.2) is 25.9 Å². The summed E-state index contributed by atoms with van der Waals surface area (Å²) in [4.78, 5) is 12.9. The van der Waals surface area contributed by atoms with Crippen molar-refractivity contribution in [2.45, 2.75) is 6.36 Å². The molecule has 0 saturated heterocycles. The first kappa shape index (κ1) is 14.4. The van der Waals surface area contributed by atoms with Crippen LogP contribution in [0.3, 0.4) is 0 Å². The molecule has 0 aliphatic carbocycles. The van der Waals surface area contributed by atoms with Crippen molar-refractivity contribution < 1.29 is 17.9 Å². The Morgan fingerprint density at radius 3 is 2.33 bits per heavy atom. The van der Waals surface area contributed by atoms with E-state index in [4.69, 9.17) is 0 Å². The lowest BCUT2D eigenvalue weighted by Gasteiger charge is -2.10. The minimum atomic E-state index is -4.71. The number of aromatic nitrogens is 4. The molecule has 4 aromatic rings. The van der Waals surface area contributed by atoms with E-state index in [9.17, 15) is 13.2 Å². The van der Waals surface area contributed by atoms with Gasteiger partial charge in [-0.2, -0.15) is 0 Å². The quantitative estimate of drug-likeness (QED) is 0.560. The molecule has 2 aromatic heterocycles. The number of rotatable bonds is 2. The van der Waals surface area contributed by atoms with E-state index in [-0.39, 0.29) is 5.75 Å². The van der Waals surface area contributed by atoms with Crippen molar-refractivity contribution in [3.05, 3.63) is 55.1 Å². The Labute approximate surface area is 133 Å². The highest BCUT2D eigenvalue weighted by atomic mass is 19.4. The molecule has 0 aliphatic heterocycles. The summed E-state index contributed by atoms with van der Waals surface area (Å²) in [5.41, 5.74) is 3.52. The maximum atomic E-state index is 12.2. The maximum Gasteiger partial charge on any atom is 0.573 e. The summed E-state index contributed by atoms with van der Waals surface area (Å²) in [5, 5.41) is 0. The number of halogens is 3. The zero-order chi connectivity index (χ0) is 16.7. The number of alkyl halides is 3. The van der Waals surface area contributed by atoms with Gasteiger partial charge >= 0.3 is 6.36 Å². The van der Waals surface area contributed by atoms with Gasteiger partial charge in [-0.3, -0.25) is 14.5 Å². The van der Waals surface area contributed by atoms with Gasteiger partial charge in [-0.25, -0.2) is 4.98 Å². The Morgan fingerprint density at radius 1 is 0.833 bits per heavy atom. The van der Waals surface area contributed by atoms with Crippen LogP contribution >= 0.6 is 0 Å². The first-order valence-corrected chi connectivity index (χ1v) is 6.94. The van der Waals surface area contributed by atoms with Gasteiger partial charge in [0.1, 0.15) is 23.1 Å². The van der Waals surface area contributed by atoms with E-state index in [1.54, 1.807) is 23.3 Å². The average molecular weight is 330 g/mol. The van der Waals surface area contributed by atoms with Crippen molar-refractivity contribution in [1.82, 2.24) is 19.5 Å². The number of nitrogens with zero attached hydrogens (tertiary/aromatic N) is 4. The molecule has 8 heteroatoms. The number of ether oxygens (including phenoxy) is 1. The third kappa shape index (κ3) is 2.51. The highest BCUT2D eigenvalue weighted by molar-refractivity contribution is 6.00. The van der Waals surface area contributed by atoms with Crippen LogP contribution in [0.2, 0.25) is 0 Å². The van der Waals surface area contributed by atoms with E-state index in [0.717, 1.165) is 11.0 Å². The van der Waals surface area contributed by atoms with E-state index in [0.29, 0.717) is 16.7 Å². The van der Waals surface area contributed by atoms with Crippen molar-refractivity contribution in [3.8, 4) is 11.4 Å². The van der Waals surface area contributed by atoms with Gasteiger partial charge in [0.05, 0.1) is 11.0 Å². The molecule has 0 fully saturated rings. The molecule has 0 bridgehead atoms. The minimum absolute atomic E-state index is 0.271.